The van der Waals surface area contributed by atoms with Crippen LogP contribution in [0.5, 0.6) is 11.5 Å². The van der Waals surface area contributed by atoms with E-state index in [2.05, 4.69) is 57.2 Å². The van der Waals surface area contributed by atoms with E-state index in [4.69, 9.17) is 4.74 Å². The highest BCUT2D eigenvalue weighted by molar-refractivity contribution is 5.43. The Labute approximate surface area is 145 Å². The second-order valence-electron chi connectivity index (χ2n) is 7.93. The third-order valence-corrected chi connectivity index (χ3v) is 4.96. The second kappa shape index (κ2) is 6.51. The number of phenolic OH excluding ortho intramolecular Hbond substituents is 1. The summed E-state index contributed by atoms with van der Waals surface area (Å²) >= 11 is 0. The van der Waals surface area contributed by atoms with Gasteiger partial charge in [-0.1, -0.05) is 43.5 Å². The highest BCUT2D eigenvalue weighted by Crippen LogP contribution is 2.45. The molecule has 2 aromatic rings. The maximum Gasteiger partial charge on any atom is 0.120 e. The first-order chi connectivity index (χ1) is 11.4. The molecular weight excluding hydrogens is 296 g/mol. The molecule has 1 aliphatic carbocycles. The molecule has 24 heavy (non-hydrogen) atoms. The van der Waals surface area contributed by atoms with Crippen LogP contribution in [0, 0.1) is 0 Å². The predicted octanol–water partition coefficient (Wildman–Crippen LogP) is 5.82. The molecule has 0 atom stereocenters. The molecule has 2 aromatic carbocycles. The molecule has 0 saturated heterocycles. The van der Waals surface area contributed by atoms with Gasteiger partial charge in [0.1, 0.15) is 17.1 Å². The number of hydrogen-bond acceptors (Lipinski definition) is 2. The summed E-state index contributed by atoms with van der Waals surface area (Å²) in [6.07, 6.45) is 6.14. The summed E-state index contributed by atoms with van der Waals surface area (Å²) in [5, 5.41) is 9.64. The van der Waals surface area contributed by atoms with Crippen LogP contribution in [0.3, 0.4) is 0 Å². The quantitative estimate of drug-likeness (QED) is 0.771. The van der Waals surface area contributed by atoms with Crippen molar-refractivity contribution in [1.82, 2.24) is 0 Å². The van der Waals surface area contributed by atoms with Crippen LogP contribution in [-0.4, -0.2) is 10.7 Å². The van der Waals surface area contributed by atoms with Gasteiger partial charge in [0, 0.05) is 5.41 Å². The maximum absolute atomic E-state index is 9.64. The van der Waals surface area contributed by atoms with Gasteiger partial charge in [0.15, 0.2) is 0 Å². The van der Waals surface area contributed by atoms with E-state index < -0.39 is 0 Å². The van der Waals surface area contributed by atoms with Gasteiger partial charge in [-0.2, -0.15) is 0 Å². The fourth-order valence-corrected chi connectivity index (χ4v) is 3.88. The molecule has 1 N–H and O–H groups in total. The maximum atomic E-state index is 9.64. The van der Waals surface area contributed by atoms with Crippen LogP contribution in [0.4, 0.5) is 0 Å². The molecule has 0 bridgehead atoms. The van der Waals surface area contributed by atoms with Crippen molar-refractivity contribution >= 4 is 0 Å². The standard InChI is InChI=1S/C22H28O2/c1-21(2,3)24-20-13-9-18(10-14-20)22(15-5-4-6-16-22)17-7-11-19(23)12-8-17/h7-14,23H,4-6,15-16H2,1-3H3. The first-order valence-corrected chi connectivity index (χ1v) is 8.98. The zero-order valence-corrected chi connectivity index (χ0v) is 15.0. The van der Waals surface area contributed by atoms with Gasteiger partial charge in [0.2, 0.25) is 0 Å². The summed E-state index contributed by atoms with van der Waals surface area (Å²) in [6.45, 7) is 6.21. The van der Waals surface area contributed by atoms with E-state index in [0.717, 1.165) is 18.6 Å². The average molecular weight is 324 g/mol. The Morgan fingerprint density at radius 3 is 1.79 bits per heavy atom. The highest BCUT2D eigenvalue weighted by atomic mass is 16.5. The Bertz CT molecular complexity index is 657. The van der Waals surface area contributed by atoms with Crippen LogP contribution in [0.25, 0.3) is 0 Å². The highest BCUT2D eigenvalue weighted by Gasteiger charge is 2.35. The minimum absolute atomic E-state index is 0.0617. The minimum Gasteiger partial charge on any atom is -0.508 e. The number of rotatable bonds is 3. The summed E-state index contributed by atoms with van der Waals surface area (Å²) < 4.78 is 5.97. The smallest absolute Gasteiger partial charge is 0.120 e. The first kappa shape index (κ1) is 16.9. The zero-order chi connectivity index (χ0) is 17.2. The fraction of sp³-hybridized carbons (Fsp3) is 0.455. The predicted molar refractivity (Wildman–Crippen MR) is 98.8 cm³/mol. The van der Waals surface area contributed by atoms with Crippen molar-refractivity contribution in [3.8, 4) is 11.5 Å². The molecule has 0 aromatic heterocycles. The molecule has 2 heteroatoms. The Kier molecular flexibility index (Phi) is 4.58. The third kappa shape index (κ3) is 3.58. The fourth-order valence-electron chi connectivity index (χ4n) is 3.88. The van der Waals surface area contributed by atoms with E-state index in [1.807, 2.05) is 12.1 Å². The van der Waals surface area contributed by atoms with Crippen LogP contribution >= 0.6 is 0 Å². The van der Waals surface area contributed by atoms with Crippen LogP contribution in [-0.2, 0) is 5.41 Å². The van der Waals surface area contributed by atoms with Crippen molar-refractivity contribution in [3.63, 3.8) is 0 Å². The SMILES string of the molecule is CC(C)(C)Oc1ccc(C2(c3ccc(O)cc3)CCCCC2)cc1. The van der Waals surface area contributed by atoms with Gasteiger partial charge >= 0.3 is 0 Å². The Hall–Kier alpha value is -1.96. The number of phenols is 1. The molecule has 2 nitrogen and oxygen atoms in total. The van der Waals surface area contributed by atoms with E-state index >= 15 is 0 Å². The van der Waals surface area contributed by atoms with E-state index in [1.54, 1.807) is 0 Å². The van der Waals surface area contributed by atoms with Crippen LogP contribution < -0.4 is 4.74 Å². The summed E-state index contributed by atoms with van der Waals surface area (Å²) in [7, 11) is 0. The van der Waals surface area contributed by atoms with Crippen molar-refractivity contribution in [2.45, 2.75) is 63.9 Å². The van der Waals surface area contributed by atoms with Gasteiger partial charge in [-0.05, 0) is 69.0 Å². The Balaban J connectivity index is 1.96. The molecule has 0 amide bonds. The van der Waals surface area contributed by atoms with Crippen LogP contribution in [0.2, 0.25) is 0 Å². The number of aromatic hydroxyl groups is 1. The normalized spacial score (nSPS) is 17.5. The average Bonchev–Trinajstić information content (AvgIpc) is 2.55. The molecule has 3 rings (SSSR count). The Morgan fingerprint density at radius 1 is 0.792 bits per heavy atom. The molecule has 0 aliphatic heterocycles. The lowest BCUT2D eigenvalue weighted by molar-refractivity contribution is 0.131. The lowest BCUT2D eigenvalue weighted by Crippen LogP contribution is -2.30. The number of benzene rings is 2. The minimum atomic E-state index is -0.180. The van der Waals surface area contributed by atoms with Crippen LogP contribution in [0.1, 0.15) is 64.0 Å². The number of ether oxygens (including phenoxy) is 1. The molecule has 128 valence electrons. The molecule has 0 radical (unpaired) electrons. The van der Waals surface area contributed by atoms with E-state index in [0.29, 0.717) is 5.75 Å². The van der Waals surface area contributed by atoms with Gasteiger partial charge in [0.05, 0.1) is 0 Å². The van der Waals surface area contributed by atoms with E-state index in [9.17, 15) is 5.11 Å². The molecule has 1 saturated carbocycles. The summed E-state index contributed by atoms with van der Waals surface area (Å²) in [6, 6.07) is 16.4. The van der Waals surface area contributed by atoms with Crippen LogP contribution in [0.15, 0.2) is 48.5 Å². The summed E-state index contributed by atoms with van der Waals surface area (Å²) in [5.74, 6) is 1.25. The molecular formula is C22H28O2. The summed E-state index contributed by atoms with van der Waals surface area (Å²) in [4.78, 5) is 0. The monoisotopic (exact) mass is 324 g/mol. The van der Waals surface area contributed by atoms with Gasteiger partial charge in [-0.15, -0.1) is 0 Å². The van der Waals surface area contributed by atoms with Crippen molar-refractivity contribution in [2.75, 3.05) is 0 Å². The lowest BCUT2D eigenvalue weighted by Gasteiger charge is -2.39. The third-order valence-electron chi connectivity index (χ3n) is 4.96. The topological polar surface area (TPSA) is 29.5 Å². The molecule has 1 fully saturated rings. The van der Waals surface area contributed by atoms with Crippen molar-refractivity contribution < 1.29 is 9.84 Å². The molecule has 1 aliphatic rings. The van der Waals surface area contributed by atoms with Crippen molar-refractivity contribution in [2.24, 2.45) is 0 Å². The number of hydrogen-bond donors (Lipinski definition) is 1. The zero-order valence-electron chi connectivity index (χ0n) is 15.0. The van der Waals surface area contributed by atoms with Crippen molar-refractivity contribution in [1.29, 1.82) is 0 Å². The molecule has 0 unspecified atom stereocenters. The first-order valence-electron chi connectivity index (χ1n) is 8.98. The summed E-state index contributed by atoms with van der Waals surface area (Å²) in [5.41, 5.74) is 2.55. The van der Waals surface area contributed by atoms with Gasteiger partial charge < -0.3 is 9.84 Å². The van der Waals surface area contributed by atoms with E-state index in [1.165, 1.54) is 30.4 Å². The molecule has 0 heterocycles. The largest absolute Gasteiger partial charge is 0.508 e. The van der Waals surface area contributed by atoms with Gasteiger partial charge in [-0.25, -0.2) is 0 Å². The lowest BCUT2D eigenvalue weighted by atomic mass is 9.65. The Morgan fingerprint density at radius 2 is 1.29 bits per heavy atom. The van der Waals surface area contributed by atoms with Gasteiger partial charge in [-0.3, -0.25) is 0 Å². The second-order valence-corrected chi connectivity index (χ2v) is 7.93. The van der Waals surface area contributed by atoms with Gasteiger partial charge in [0.25, 0.3) is 0 Å². The van der Waals surface area contributed by atoms with E-state index in [-0.39, 0.29) is 11.0 Å². The van der Waals surface area contributed by atoms with Crippen molar-refractivity contribution in [3.05, 3.63) is 59.7 Å². The molecule has 0 spiro atoms.